The molecule has 0 aromatic heterocycles. The van der Waals surface area contributed by atoms with Gasteiger partial charge in [-0.1, -0.05) is 18.2 Å². The van der Waals surface area contributed by atoms with Crippen LogP contribution in [0.3, 0.4) is 0 Å². The van der Waals surface area contributed by atoms with Crippen LogP contribution in [0.5, 0.6) is 5.75 Å². The molecule has 1 unspecified atom stereocenters. The summed E-state index contributed by atoms with van der Waals surface area (Å²) in [5, 5.41) is 4.50. The number of fused-ring (bicyclic) bond motifs is 2. The highest BCUT2D eigenvalue weighted by Crippen LogP contribution is 2.30. The van der Waals surface area contributed by atoms with Gasteiger partial charge in [0.05, 0.1) is 6.61 Å². The third-order valence-corrected chi connectivity index (χ3v) is 6.01. The van der Waals surface area contributed by atoms with Gasteiger partial charge in [0.15, 0.2) is 0 Å². The van der Waals surface area contributed by atoms with Crippen molar-refractivity contribution in [2.75, 3.05) is 42.6 Å². The average Bonchev–Trinajstić information content (AvgIpc) is 3.42. The summed E-state index contributed by atoms with van der Waals surface area (Å²) in [6, 6.07) is 15.3. The molecule has 0 spiro atoms. The molecule has 5 rings (SSSR count). The number of carbonyl (C=O) groups excluding carboxylic acids is 3. The number of para-hydroxylation sites is 1. The zero-order valence-electron chi connectivity index (χ0n) is 17.8. The predicted molar refractivity (Wildman–Crippen MR) is 116 cm³/mol. The molecule has 2 aromatic carbocycles. The molecule has 0 radical (unpaired) electrons. The summed E-state index contributed by atoms with van der Waals surface area (Å²) in [5.41, 5.74) is 2.82. The zero-order chi connectivity index (χ0) is 22.2. The molecule has 9 nitrogen and oxygen atoms in total. The first-order chi connectivity index (χ1) is 15.6. The van der Waals surface area contributed by atoms with Crippen molar-refractivity contribution in [3.8, 4) is 5.75 Å². The van der Waals surface area contributed by atoms with Crippen molar-refractivity contribution in [2.45, 2.75) is 19.6 Å². The van der Waals surface area contributed by atoms with E-state index in [9.17, 15) is 14.4 Å². The first-order valence-corrected chi connectivity index (χ1v) is 10.8. The summed E-state index contributed by atoms with van der Waals surface area (Å²) in [4.78, 5) is 43.4. The highest BCUT2D eigenvalue weighted by atomic mass is 16.5. The van der Waals surface area contributed by atoms with Gasteiger partial charge in [-0.25, -0.2) is 4.79 Å². The van der Waals surface area contributed by atoms with E-state index in [0.717, 1.165) is 33.8 Å². The highest BCUT2D eigenvalue weighted by Gasteiger charge is 2.50. The van der Waals surface area contributed by atoms with Crippen molar-refractivity contribution >= 4 is 29.1 Å². The second kappa shape index (κ2) is 8.07. The molecule has 3 heterocycles. The molecule has 0 aliphatic carbocycles. The molecule has 0 N–H and O–H groups in total. The third-order valence-electron chi connectivity index (χ3n) is 6.01. The number of ether oxygens (including phenoxy) is 1. The smallest absolute Gasteiger partial charge is 0.494 e. The van der Waals surface area contributed by atoms with Crippen molar-refractivity contribution in [1.29, 1.82) is 0 Å². The number of azo groups is 2. The fourth-order valence-electron chi connectivity index (χ4n) is 4.44. The van der Waals surface area contributed by atoms with Crippen molar-refractivity contribution in [3.63, 3.8) is 0 Å². The number of benzene rings is 2. The number of carbonyl (C=O) groups is 3. The second-order valence-corrected chi connectivity index (χ2v) is 7.87. The van der Waals surface area contributed by atoms with E-state index in [0.29, 0.717) is 26.2 Å². The minimum Gasteiger partial charge on any atom is -0.494 e. The molecule has 1 saturated heterocycles. The Balaban J connectivity index is 1.38. The lowest BCUT2D eigenvalue weighted by Crippen LogP contribution is -2.53. The first-order valence-electron chi connectivity index (χ1n) is 10.8. The van der Waals surface area contributed by atoms with Gasteiger partial charge in [-0.2, -0.15) is 0 Å². The maximum atomic E-state index is 13.0. The number of anilines is 2. The van der Waals surface area contributed by atoms with E-state index in [1.165, 1.54) is 4.90 Å². The van der Waals surface area contributed by atoms with Gasteiger partial charge in [0, 0.05) is 36.1 Å². The summed E-state index contributed by atoms with van der Waals surface area (Å²) in [6.45, 7) is 3.74. The number of rotatable bonds is 5. The molecule has 2 aromatic rings. The largest absolute Gasteiger partial charge is 0.502 e. The van der Waals surface area contributed by atoms with Gasteiger partial charge in [-0.3, -0.25) is 14.5 Å². The average molecular weight is 434 g/mol. The Bertz CT molecular complexity index is 1110. The van der Waals surface area contributed by atoms with E-state index in [-0.39, 0.29) is 12.5 Å². The fraction of sp³-hybridized carbons (Fsp3) is 0.348. The van der Waals surface area contributed by atoms with Crippen LogP contribution >= 0.6 is 0 Å². The van der Waals surface area contributed by atoms with Crippen LogP contribution in [0.25, 0.3) is 0 Å². The molecule has 3 aliphatic heterocycles. The Hall–Kier alpha value is -3.75. The standard InChI is InChI=1S/C23H24N5O4/c1-2-32-18-9-7-17(8-10-18)25-13-14-27-21(30)22(31)28(24-23(25)27)15-20(29)26-12-11-16-5-3-4-6-19(16)26/h3-10,23H,2,11-15H2,1H3/q+1. The van der Waals surface area contributed by atoms with Crippen LogP contribution in [0.2, 0.25) is 0 Å². The van der Waals surface area contributed by atoms with Crippen LogP contribution in [0, 0.1) is 0 Å². The Labute approximate surface area is 185 Å². The SMILES string of the molecule is CCOc1ccc(N2CCN3C(=O)C(=O)[N+](CC(=O)N4CCc5ccccc54)=NC32)cc1. The van der Waals surface area contributed by atoms with Crippen molar-refractivity contribution < 1.29 is 23.8 Å². The van der Waals surface area contributed by atoms with E-state index < -0.39 is 18.1 Å². The molecule has 1 atom stereocenters. The predicted octanol–water partition coefficient (Wildman–Crippen LogP) is 1.61. The van der Waals surface area contributed by atoms with E-state index in [1.54, 1.807) is 4.90 Å². The van der Waals surface area contributed by atoms with Crippen LogP contribution in [0.4, 0.5) is 11.4 Å². The Morgan fingerprint density at radius 1 is 1.06 bits per heavy atom. The lowest BCUT2D eigenvalue weighted by atomic mass is 10.2. The molecule has 164 valence electrons. The van der Waals surface area contributed by atoms with Crippen molar-refractivity contribution in [2.24, 2.45) is 5.11 Å². The topological polar surface area (TPSA) is 85.5 Å². The van der Waals surface area contributed by atoms with E-state index in [1.807, 2.05) is 60.4 Å². The molecule has 0 saturated carbocycles. The van der Waals surface area contributed by atoms with E-state index in [4.69, 9.17) is 4.74 Å². The van der Waals surface area contributed by atoms with Gasteiger partial charge in [0.1, 0.15) is 5.75 Å². The highest BCUT2D eigenvalue weighted by molar-refractivity contribution is 6.32. The molecule has 3 amide bonds. The van der Waals surface area contributed by atoms with E-state index in [2.05, 4.69) is 5.11 Å². The summed E-state index contributed by atoms with van der Waals surface area (Å²) < 4.78 is 6.52. The maximum Gasteiger partial charge on any atom is 0.502 e. The number of nitrogens with zero attached hydrogens (tertiary/aromatic N) is 5. The molecule has 9 heteroatoms. The second-order valence-electron chi connectivity index (χ2n) is 7.87. The van der Waals surface area contributed by atoms with Crippen LogP contribution in [-0.4, -0.2) is 66.4 Å². The molecule has 32 heavy (non-hydrogen) atoms. The lowest BCUT2D eigenvalue weighted by Gasteiger charge is -2.27. The van der Waals surface area contributed by atoms with Gasteiger partial charge < -0.3 is 14.5 Å². The minimum atomic E-state index is -0.768. The maximum absolute atomic E-state index is 13.0. The van der Waals surface area contributed by atoms with Gasteiger partial charge in [0.2, 0.25) is 0 Å². The van der Waals surface area contributed by atoms with Crippen LogP contribution < -0.4 is 14.5 Å². The normalized spacial score (nSPS) is 19.7. The summed E-state index contributed by atoms with van der Waals surface area (Å²) in [6.07, 6.45) is 0.116. The summed E-state index contributed by atoms with van der Waals surface area (Å²) in [5.74, 6) is -0.889. The van der Waals surface area contributed by atoms with Gasteiger partial charge >= 0.3 is 11.8 Å². The van der Waals surface area contributed by atoms with Gasteiger partial charge in [0.25, 0.3) is 18.7 Å². The molecule has 0 bridgehead atoms. The Morgan fingerprint density at radius 2 is 1.81 bits per heavy atom. The number of hydrogen-bond acceptors (Lipinski definition) is 6. The summed E-state index contributed by atoms with van der Waals surface area (Å²) in [7, 11) is 0. The van der Waals surface area contributed by atoms with Crippen LogP contribution in [-0.2, 0) is 20.8 Å². The lowest BCUT2D eigenvalue weighted by molar-refractivity contribution is -0.509. The Morgan fingerprint density at radius 3 is 2.59 bits per heavy atom. The monoisotopic (exact) mass is 434 g/mol. The molecular formula is C23H24N5O4+. The minimum absolute atomic E-state index is 0.251. The van der Waals surface area contributed by atoms with Crippen molar-refractivity contribution in [1.82, 2.24) is 4.90 Å². The van der Waals surface area contributed by atoms with Crippen molar-refractivity contribution in [3.05, 3.63) is 54.1 Å². The molecule has 1 fully saturated rings. The quantitative estimate of drug-likeness (QED) is 0.527. The van der Waals surface area contributed by atoms with Gasteiger partial charge in [-0.15, -0.1) is 0 Å². The number of hydrogen-bond donors (Lipinski definition) is 0. The van der Waals surface area contributed by atoms with Crippen LogP contribution in [0.1, 0.15) is 12.5 Å². The summed E-state index contributed by atoms with van der Waals surface area (Å²) >= 11 is 0. The van der Waals surface area contributed by atoms with E-state index >= 15 is 0 Å². The first kappa shape index (κ1) is 20.2. The number of amides is 3. The van der Waals surface area contributed by atoms with Gasteiger partial charge in [-0.05, 0) is 53.9 Å². The van der Waals surface area contributed by atoms with Crippen LogP contribution in [0.15, 0.2) is 53.6 Å². The third kappa shape index (κ3) is 3.39. The molecular weight excluding hydrogens is 410 g/mol. The molecule has 3 aliphatic rings. The zero-order valence-corrected chi connectivity index (χ0v) is 17.8. The Kier molecular flexibility index (Phi) is 5.08. The fourth-order valence-corrected chi connectivity index (χ4v) is 4.44.